The normalized spacial score (nSPS) is 10.7. The molecule has 0 bridgehead atoms. The van der Waals surface area contributed by atoms with E-state index >= 15 is 0 Å². The number of furan rings is 1. The van der Waals surface area contributed by atoms with Gasteiger partial charge in [-0.1, -0.05) is 0 Å². The van der Waals surface area contributed by atoms with Crippen LogP contribution < -0.4 is 11.2 Å². The molecule has 0 saturated carbocycles. The first-order chi connectivity index (χ1) is 10.1. The van der Waals surface area contributed by atoms with Crippen LogP contribution in [-0.2, 0) is 6.54 Å². The van der Waals surface area contributed by atoms with Gasteiger partial charge in [0.05, 0.1) is 25.2 Å². The molecule has 2 aromatic heterocycles. The summed E-state index contributed by atoms with van der Waals surface area (Å²) in [5, 5.41) is 17.1. The molecule has 0 fully saturated rings. The lowest BCUT2D eigenvalue weighted by atomic mass is 10.2. The molecule has 7 nitrogen and oxygen atoms in total. The van der Waals surface area contributed by atoms with Gasteiger partial charge in [0.1, 0.15) is 11.5 Å². The van der Waals surface area contributed by atoms with Gasteiger partial charge in [-0.15, -0.1) is 0 Å². The summed E-state index contributed by atoms with van der Waals surface area (Å²) in [5.41, 5.74) is 9.19. The van der Waals surface area contributed by atoms with Crippen LogP contribution in [0.15, 0.2) is 27.8 Å². The SMILES string of the molecule is Cc1ccc(-c2nn(CCC#N)cc2C=NNC(N)=S)o1. The molecule has 0 radical (unpaired) electrons. The van der Waals surface area contributed by atoms with Gasteiger partial charge in [0, 0.05) is 11.8 Å². The molecular formula is C13H14N6OS. The number of aromatic nitrogens is 2. The second kappa shape index (κ2) is 6.67. The molecule has 108 valence electrons. The highest BCUT2D eigenvalue weighted by atomic mass is 32.1. The molecule has 2 rings (SSSR count). The second-order valence-corrected chi connectivity index (χ2v) is 4.69. The van der Waals surface area contributed by atoms with Crippen molar-refractivity contribution >= 4 is 23.5 Å². The zero-order valence-corrected chi connectivity index (χ0v) is 12.2. The van der Waals surface area contributed by atoms with Crippen LogP contribution in [0.2, 0.25) is 0 Å². The van der Waals surface area contributed by atoms with Crippen LogP contribution in [0.5, 0.6) is 0 Å². The first kappa shape index (κ1) is 14.7. The number of hydrogen-bond acceptors (Lipinski definition) is 5. The number of rotatable bonds is 5. The first-order valence-electron chi connectivity index (χ1n) is 6.20. The van der Waals surface area contributed by atoms with E-state index in [1.807, 2.05) is 19.1 Å². The molecular weight excluding hydrogens is 288 g/mol. The van der Waals surface area contributed by atoms with Gasteiger partial charge >= 0.3 is 0 Å². The van der Waals surface area contributed by atoms with E-state index in [0.717, 1.165) is 11.3 Å². The van der Waals surface area contributed by atoms with Crippen molar-refractivity contribution in [2.45, 2.75) is 19.9 Å². The Morgan fingerprint density at radius 3 is 3.10 bits per heavy atom. The number of nitrogens with zero attached hydrogens (tertiary/aromatic N) is 4. The quantitative estimate of drug-likeness (QED) is 0.493. The fraction of sp³-hybridized carbons (Fsp3) is 0.231. The van der Waals surface area contributed by atoms with E-state index in [4.69, 9.17) is 15.4 Å². The maximum atomic E-state index is 8.65. The molecule has 21 heavy (non-hydrogen) atoms. The molecule has 0 amide bonds. The third kappa shape index (κ3) is 3.90. The van der Waals surface area contributed by atoms with E-state index in [1.165, 1.54) is 0 Å². The highest BCUT2D eigenvalue weighted by Crippen LogP contribution is 2.23. The van der Waals surface area contributed by atoms with Crippen LogP contribution in [0.3, 0.4) is 0 Å². The fourth-order valence-electron chi connectivity index (χ4n) is 1.73. The van der Waals surface area contributed by atoms with Crippen molar-refractivity contribution in [3.8, 4) is 17.5 Å². The maximum Gasteiger partial charge on any atom is 0.184 e. The van der Waals surface area contributed by atoms with Crippen molar-refractivity contribution in [2.75, 3.05) is 0 Å². The molecule has 3 N–H and O–H groups in total. The molecule has 0 saturated heterocycles. The summed E-state index contributed by atoms with van der Waals surface area (Å²) < 4.78 is 7.26. The molecule has 0 atom stereocenters. The zero-order valence-electron chi connectivity index (χ0n) is 11.4. The number of hydrogen-bond donors (Lipinski definition) is 2. The lowest BCUT2D eigenvalue weighted by Gasteiger charge is -1.95. The average molecular weight is 302 g/mol. The Hall–Kier alpha value is -2.66. The minimum atomic E-state index is 0.0820. The highest BCUT2D eigenvalue weighted by Gasteiger charge is 2.13. The molecule has 0 aliphatic carbocycles. The minimum absolute atomic E-state index is 0.0820. The fourth-order valence-corrected chi connectivity index (χ4v) is 1.78. The van der Waals surface area contributed by atoms with Crippen molar-refractivity contribution in [2.24, 2.45) is 10.8 Å². The van der Waals surface area contributed by atoms with E-state index in [-0.39, 0.29) is 5.11 Å². The van der Waals surface area contributed by atoms with E-state index in [1.54, 1.807) is 17.1 Å². The summed E-state index contributed by atoms with van der Waals surface area (Å²) in [6.45, 7) is 2.36. The lowest BCUT2D eigenvalue weighted by Crippen LogP contribution is -2.23. The summed E-state index contributed by atoms with van der Waals surface area (Å²) in [7, 11) is 0. The maximum absolute atomic E-state index is 8.65. The van der Waals surface area contributed by atoms with E-state index < -0.39 is 0 Å². The largest absolute Gasteiger partial charge is 0.460 e. The molecule has 0 aromatic carbocycles. The van der Waals surface area contributed by atoms with Gasteiger partial charge in [-0.25, -0.2) is 0 Å². The summed E-state index contributed by atoms with van der Waals surface area (Å²) >= 11 is 4.68. The van der Waals surface area contributed by atoms with Crippen molar-refractivity contribution < 1.29 is 4.42 Å². The van der Waals surface area contributed by atoms with E-state index in [0.29, 0.717) is 24.4 Å². The van der Waals surface area contributed by atoms with Gasteiger partial charge in [0.25, 0.3) is 0 Å². The van der Waals surface area contributed by atoms with Crippen LogP contribution in [0.25, 0.3) is 11.5 Å². The number of nitriles is 1. The number of hydrazone groups is 1. The monoisotopic (exact) mass is 302 g/mol. The standard InChI is InChI=1S/C13H14N6OS/c1-9-3-4-11(20-9)12-10(7-16-17-13(15)21)8-19(18-12)6-2-5-14/h3-4,7-8H,2,6H2,1H3,(H3,15,17,21). The van der Waals surface area contributed by atoms with Crippen molar-refractivity contribution in [3.05, 3.63) is 29.7 Å². The molecule has 0 spiro atoms. The number of nitrogens with two attached hydrogens (primary N) is 1. The Bertz CT molecular complexity index is 709. The van der Waals surface area contributed by atoms with Crippen molar-refractivity contribution in [1.82, 2.24) is 15.2 Å². The zero-order chi connectivity index (χ0) is 15.2. The molecule has 0 unspecified atom stereocenters. The lowest BCUT2D eigenvalue weighted by molar-refractivity contribution is 0.542. The van der Waals surface area contributed by atoms with Gasteiger partial charge in [-0.05, 0) is 31.3 Å². The van der Waals surface area contributed by atoms with Crippen molar-refractivity contribution in [1.29, 1.82) is 5.26 Å². The number of nitrogens with one attached hydrogen (secondary N) is 1. The number of thiocarbonyl (C=S) groups is 1. The van der Waals surface area contributed by atoms with Gasteiger partial charge < -0.3 is 10.2 Å². The van der Waals surface area contributed by atoms with Crippen LogP contribution >= 0.6 is 12.2 Å². The van der Waals surface area contributed by atoms with Crippen LogP contribution in [0.4, 0.5) is 0 Å². The molecule has 2 aromatic rings. The molecule has 8 heteroatoms. The minimum Gasteiger partial charge on any atom is -0.460 e. The summed E-state index contributed by atoms with van der Waals surface area (Å²) in [4.78, 5) is 0. The Balaban J connectivity index is 2.31. The summed E-state index contributed by atoms with van der Waals surface area (Å²) in [6, 6.07) is 5.78. The van der Waals surface area contributed by atoms with Crippen LogP contribution in [0, 0.1) is 18.3 Å². The highest BCUT2D eigenvalue weighted by molar-refractivity contribution is 7.80. The van der Waals surface area contributed by atoms with Gasteiger partial charge in [-0.2, -0.15) is 15.5 Å². The topological polar surface area (TPSA) is 105 Å². The van der Waals surface area contributed by atoms with Crippen LogP contribution in [0.1, 0.15) is 17.7 Å². The van der Waals surface area contributed by atoms with Gasteiger partial charge in [0.2, 0.25) is 0 Å². The number of aryl methyl sites for hydroxylation is 2. The summed E-state index contributed by atoms with van der Waals surface area (Å²) in [5.74, 6) is 1.43. The Labute approximate surface area is 127 Å². The predicted molar refractivity (Wildman–Crippen MR) is 82.4 cm³/mol. The van der Waals surface area contributed by atoms with Gasteiger partial charge in [-0.3, -0.25) is 10.1 Å². The molecule has 0 aliphatic heterocycles. The van der Waals surface area contributed by atoms with E-state index in [9.17, 15) is 0 Å². The van der Waals surface area contributed by atoms with Crippen molar-refractivity contribution in [3.63, 3.8) is 0 Å². The third-order valence-corrected chi connectivity index (χ3v) is 2.69. The summed E-state index contributed by atoms with van der Waals surface area (Å²) in [6.07, 6.45) is 3.72. The Kier molecular flexibility index (Phi) is 4.68. The Morgan fingerprint density at radius 1 is 1.67 bits per heavy atom. The van der Waals surface area contributed by atoms with Crippen LogP contribution in [-0.4, -0.2) is 21.1 Å². The van der Waals surface area contributed by atoms with Gasteiger partial charge in [0.15, 0.2) is 10.9 Å². The predicted octanol–water partition coefficient (Wildman–Crippen LogP) is 1.53. The molecule has 2 heterocycles. The second-order valence-electron chi connectivity index (χ2n) is 4.25. The smallest absolute Gasteiger partial charge is 0.184 e. The average Bonchev–Trinajstić information content (AvgIpc) is 3.02. The van der Waals surface area contributed by atoms with E-state index in [2.05, 4.69) is 33.9 Å². The Morgan fingerprint density at radius 2 is 2.48 bits per heavy atom. The molecule has 0 aliphatic rings. The first-order valence-corrected chi connectivity index (χ1v) is 6.60. The third-order valence-electron chi connectivity index (χ3n) is 2.59.